The number of allylic oxidation sites excluding steroid dienone is 1. The molecule has 1 atom stereocenters. The van der Waals surface area contributed by atoms with Crippen LogP contribution in [0.5, 0.6) is 0 Å². The van der Waals surface area contributed by atoms with E-state index in [9.17, 15) is 4.79 Å². The standard InChI is InChI=1S/C12H18N4O/c1-8(9-5-3-2-4-6-9)14-12(17)10-7-11(13)16-15-10/h5,7-8H,2-4,6H2,1H3,(H,14,17)(H3,13,15,16). The summed E-state index contributed by atoms with van der Waals surface area (Å²) in [4.78, 5) is 11.8. The molecule has 4 N–H and O–H groups in total. The van der Waals surface area contributed by atoms with E-state index in [-0.39, 0.29) is 11.9 Å². The van der Waals surface area contributed by atoms with Gasteiger partial charge in [0.1, 0.15) is 11.5 Å². The summed E-state index contributed by atoms with van der Waals surface area (Å²) >= 11 is 0. The Morgan fingerprint density at radius 1 is 1.59 bits per heavy atom. The molecule has 1 unspecified atom stereocenters. The molecule has 0 bridgehead atoms. The van der Waals surface area contributed by atoms with Crippen molar-refractivity contribution in [1.29, 1.82) is 0 Å². The molecule has 1 amide bonds. The number of aromatic amines is 1. The lowest BCUT2D eigenvalue weighted by Gasteiger charge is -2.20. The van der Waals surface area contributed by atoms with Gasteiger partial charge in [-0.1, -0.05) is 11.6 Å². The van der Waals surface area contributed by atoms with Gasteiger partial charge >= 0.3 is 0 Å². The van der Waals surface area contributed by atoms with Crippen molar-refractivity contribution in [2.45, 2.75) is 38.6 Å². The van der Waals surface area contributed by atoms with E-state index in [4.69, 9.17) is 5.73 Å². The highest BCUT2D eigenvalue weighted by molar-refractivity contribution is 5.93. The largest absolute Gasteiger partial charge is 0.382 e. The summed E-state index contributed by atoms with van der Waals surface area (Å²) in [6, 6.07) is 1.62. The smallest absolute Gasteiger partial charge is 0.269 e. The molecule has 0 radical (unpaired) electrons. The summed E-state index contributed by atoms with van der Waals surface area (Å²) in [7, 11) is 0. The highest BCUT2D eigenvalue weighted by atomic mass is 16.2. The van der Waals surface area contributed by atoms with Crippen LogP contribution in [0.3, 0.4) is 0 Å². The molecule has 1 aliphatic rings. The summed E-state index contributed by atoms with van der Waals surface area (Å²) in [6.45, 7) is 2.01. The van der Waals surface area contributed by atoms with E-state index in [1.807, 2.05) is 6.92 Å². The molecule has 92 valence electrons. The molecule has 1 aromatic rings. The predicted octanol–water partition coefficient (Wildman–Crippen LogP) is 1.61. The van der Waals surface area contributed by atoms with Crippen molar-refractivity contribution in [2.24, 2.45) is 0 Å². The van der Waals surface area contributed by atoms with Gasteiger partial charge in [0.05, 0.1) is 0 Å². The quantitative estimate of drug-likeness (QED) is 0.695. The number of carbonyl (C=O) groups is 1. The fourth-order valence-corrected chi connectivity index (χ4v) is 2.08. The number of aromatic nitrogens is 2. The van der Waals surface area contributed by atoms with Crippen LogP contribution in [0.4, 0.5) is 5.82 Å². The molecule has 1 aliphatic carbocycles. The Morgan fingerprint density at radius 3 is 3.00 bits per heavy atom. The second kappa shape index (κ2) is 5.03. The SMILES string of the molecule is CC(NC(=O)c1cc(N)n[nH]1)C1=CCCCC1. The van der Waals surface area contributed by atoms with Crippen molar-refractivity contribution >= 4 is 11.7 Å². The fourth-order valence-electron chi connectivity index (χ4n) is 2.08. The molecule has 0 aromatic carbocycles. The van der Waals surface area contributed by atoms with Gasteiger partial charge in [-0.25, -0.2) is 0 Å². The second-order valence-corrected chi connectivity index (χ2v) is 4.43. The van der Waals surface area contributed by atoms with Gasteiger partial charge in [-0.3, -0.25) is 9.89 Å². The first kappa shape index (κ1) is 11.7. The molecular weight excluding hydrogens is 216 g/mol. The van der Waals surface area contributed by atoms with Crippen LogP contribution in [0.1, 0.15) is 43.1 Å². The maximum atomic E-state index is 11.8. The van der Waals surface area contributed by atoms with Crippen molar-refractivity contribution in [1.82, 2.24) is 15.5 Å². The average Bonchev–Trinajstić information content (AvgIpc) is 2.77. The molecule has 0 saturated heterocycles. The molecule has 0 fully saturated rings. The third kappa shape index (κ3) is 2.87. The third-order valence-corrected chi connectivity index (χ3v) is 3.07. The van der Waals surface area contributed by atoms with Crippen LogP contribution in [0, 0.1) is 0 Å². The van der Waals surface area contributed by atoms with Crippen molar-refractivity contribution in [2.75, 3.05) is 5.73 Å². The lowest BCUT2D eigenvalue weighted by molar-refractivity contribution is 0.0939. The zero-order chi connectivity index (χ0) is 12.3. The summed E-state index contributed by atoms with van der Waals surface area (Å²) < 4.78 is 0. The molecule has 0 aliphatic heterocycles. The van der Waals surface area contributed by atoms with E-state index in [1.54, 1.807) is 0 Å². The number of amides is 1. The topological polar surface area (TPSA) is 83.8 Å². The summed E-state index contributed by atoms with van der Waals surface area (Å²) in [5.41, 5.74) is 7.18. The number of rotatable bonds is 3. The lowest BCUT2D eigenvalue weighted by Crippen LogP contribution is -2.34. The number of carbonyl (C=O) groups excluding carboxylic acids is 1. The molecule has 2 rings (SSSR count). The molecule has 17 heavy (non-hydrogen) atoms. The Kier molecular flexibility index (Phi) is 3.46. The number of hydrogen-bond donors (Lipinski definition) is 3. The first-order valence-electron chi connectivity index (χ1n) is 5.97. The number of nitrogens with one attached hydrogen (secondary N) is 2. The minimum atomic E-state index is -0.159. The number of nitrogens with zero attached hydrogens (tertiary/aromatic N) is 1. The highest BCUT2D eigenvalue weighted by Crippen LogP contribution is 2.20. The number of anilines is 1. The van der Waals surface area contributed by atoms with Crippen molar-refractivity contribution in [3.05, 3.63) is 23.4 Å². The number of hydrogen-bond acceptors (Lipinski definition) is 3. The van der Waals surface area contributed by atoms with E-state index < -0.39 is 0 Å². The first-order valence-corrected chi connectivity index (χ1v) is 5.97. The third-order valence-electron chi connectivity index (χ3n) is 3.07. The molecule has 0 saturated carbocycles. The maximum absolute atomic E-state index is 11.8. The van der Waals surface area contributed by atoms with Gasteiger partial charge < -0.3 is 11.1 Å². The Morgan fingerprint density at radius 2 is 2.41 bits per heavy atom. The van der Waals surface area contributed by atoms with Crippen molar-refractivity contribution < 1.29 is 4.79 Å². The number of nitrogens with two attached hydrogens (primary N) is 1. The van der Waals surface area contributed by atoms with Crippen LogP contribution in [-0.4, -0.2) is 22.1 Å². The molecule has 1 aromatic heterocycles. The molecule has 0 spiro atoms. The zero-order valence-electron chi connectivity index (χ0n) is 9.99. The molecule has 5 heteroatoms. The van der Waals surface area contributed by atoms with Crippen LogP contribution in [0.25, 0.3) is 0 Å². The van der Waals surface area contributed by atoms with Gasteiger partial charge in [0.2, 0.25) is 0 Å². The van der Waals surface area contributed by atoms with Crippen molar-refractivity contribution in [3.63, 3.8) is 0 Å². The van der Waals surface area contributed by atoms with E-state index >= 15 is 0 Å². The maximum Gasteiger partial charge on any atom is 0.269 e. The molecule has 1 heterocycles. The van der Waals surface area contributed by atoms with Gasteiger partial charge in [-0.05, 0) is 32.6 Å². The number of H-pyrrole nitrogens is 1. The average molecular weight is 234 g/mol. The van der Waals surface area contributed by atoms with Crippen LogP contribution >= 0.6 is 0 Å². The van der Waals surface area contributed by atoms with Gasteiger partial charge in [-0.15, -0.1) is 0 Å². The van der Waals surface area contributed by atoms with Crippen molar-refractivity contribution in [3.8, 4) is 0 Å². The fraction of sp³-hybridized carbons (Fsp3) is 0.500. The summed E-state index contributed by atoms with van der Waals surface area (Å²) in [6.07, 6.45) is 6.89. The Labute approximate surface area is 100 Å². The van der Waals surface area contributed by atoms with Gasteiger partial charge in [0.15, 0.2) is 0 Å². The monoisotopic (exact) mass is 234 g/mol. The van der Waals surface area contributed by atoms with Gasteiger partial charge in [-0.2, -0.15) is 5.10 Å². The Balaban J connectivity index is 1.96. The second-order valence-electron chi connectivity index (χ2n) is 4.43. The summed E-state index contributed by atoms with van der Waals surface area (Å²) in [5.74, 6) is 0.174. The number of nitrogen functional groups attached to an aromatic ring is 1. The van der Waals surface area contributed by atoms with Crippen LogP contribution in [0.15, 0.2) is 17.7 Å². The van der Waals surface area contributed by atoms with Crippen LogP contribution < -0.4 is 11.1 Å². The first-order chi connectivity index (χ1) is 8.16. The van der Waals surface area contributed by atoms with Gasteiger partial charge in [0, 0.05) is 12.1 Å². The van der Waals surface area contributed by atoms with E-state index in [0.717, 1.165) is 12.8 Å². The van der Waals surface area contributed by atoms with E-state index in [2.05, 4.69) is 21.6 Å². The Hall–Kier alpha value is -1.78. The van der Waals surface area contributed by atoms with Crippen LogP contribution in [0.2, 0.25) is 0 Å². The lowest BCUT2D eigenvalue weighted by atomic mass is 9.95. The molecule has 5 nitrogen and oxygen atoms in total. The highest BCUT2D eigenvalue weighted by Gasteiger charge is 2.16. The summed E-state index contributed by atoms with van der Waals surface area (Å²) in [5, 5.41) is 9.29. The zero-order valence-corrected chi connectivity index (χ0v) is 9.99. The molecular formula is C12H18N4O. The van der Waals surface area contributed by atoms with Gasteiger partial charge in [0.25, 0.3) is 5.91 Å². The Bertz CT molecular complexity index is 435. The van der Waals surface area contributed by atoms with Crippen LogP contribution in [-0.2, 0) is 0 Å². The minimum absolute atomic E-state index is 0.0762. The van der Waals surface area contributed by atoms with E-state index in [0.29, 0.717) is 11.5 Å². The predicted molar refractivity (Wildman–Crippen MR) is 66.5 cm³/mol. The normalized spacial score (nSPS) is 17.4. The van der Waals surface area contributed by atoms with E-state index in [1.165, 1.54) is 24.5 Å². The minimum Gasteiger partial charge on any atom is -0.382 e.